The van der Waals surface area contributed by atoms with E-state index in [1.165, 1.54) is 26.2 Å². The number of fused-ring (bicyclic) bond motifs is 2. The lowest BCUT2D eigenvalue weighted by Crippen LogP contribution is -2.17. The number of ether oxygens (including phenoxy) is 3. The van der Waals surface area contributed by atoms with E-state index < -0.39 is 40.4 Å². The molecule has 0 saturated heterocycles. The summed E-state index contributed by atoms with van der Waals surface area (Å²) in [6.07, 6.45) is -0.542. The van der Waals surface area contributed by atoms with Crippen molar-refractivity contribution in [3.63, 3.8) is 0 Å². The van der Waals surface area contributed by atoms with Gasteiger partial charge in [-0.05, 0) is 61.2 Å². The van der Waals surface area contributed by atoms with Crippen LogP contribution >= 0.6 is 23.2 Å². The number of carbonyl (C=O) groups excluding carboxylic acids is 1. The van der Waals surface area contributed by atoms with Crippen molar-refractivity contribution >= 4 is 39.3 Å². The summed E-state index contributed by atoms with van der Waals surface area (Å²) in [4.78, 5) is 12.8. The number of carbonyl (C=O) groups is 1. The Kier molecular flexibility index (Phi) is 8.32. The highest BCUT2D eigenvalue weighted by Crippen LogP contribution is 2.50. The molecule has 39 heavy (non-hydrogen) atoms. The van der Waals surface area contributed by atoms with E-state index in [1.54, 1.807) is 0 Å². The first-order valence-electron chi connectivity index (χ1n) is 11.8. The molecule has 3 aromatic rings. The summed E-state index contributed by atoms with van der Waals surface area (Å²) in [6, 6.07) is 6.98. The Hall–Kier alpha value is -3.05. The molecule has 0 spiro atoms. The first-order valence-corrected chi connectivity index (χ1v) is 14.0. The molecule has 3 aromatic carbocycles. The summed E-state index contributed by atoms with van der Waals surface area (Å²) in [5.74, 6) is -1.92. The Morgan fingerprint density at radius 1 is 1.08 bits per heavy atom. The molecule has 1 aliphatic rings. The second kappa shape index (κ2) is 11.2. The molecule has 0 fully saturated rings. The molecule has 1 aliphatic heterocycles. The topological polar surface area (TPSA) is 108 Å². The third-order valence-electron chi connectivity index (χ3n) is 6.07. The van der Waals surface area contributed by atoms with Gasteiger partial charge >= 0.3 is 16.1 Å². The van der Waals surface area contributed by atoms with E-state index in [1.807, 2.05) is 13.8 Å². The van der Waals surface area contributed by atoms with E-state index in [4.69, 9.17) is 41.6 Å². The molecule has 1 atom stereocenters. The second-order valence-electron chi connectivity index (χ2n) is 9.27. The van der Waals surface area contributed by atoms with Crippen LogP contribution in [0.5, 0.6) is 23.0 Å². The Morgan fingerprint density at radius 2 is 1.74 bits per heavy atom. The van der Waals surface area contributed by atoms with Crippen LogP contribution in [0, 0.1) is 18.7 Å². The molecule has 208 valence electrons. The predicted octanol–water partition coefficient (Wildman–Crippen LogP) is 6.76. The summed E-state index contributed by atoms with van der Waals surface area (Å²) in [7, 11) is -3.17. The van der Waals surface area contributed by atoms with E-state index >= 15 is 0 Å². The zero-order chi connectivity index (χ0) is 28.6. The maximum Gasteiger partial charge on any atom is 0.346 e. The summed E-state index contributed by atoms with van der Waals surface area (Å²) >= 11 is 13.0. The second-order valence-corrected chi connectivity index (χ2v) is 11.6. The summed E-state index contributed by atoms with van der Waals surface area (Å²) in [5, 5.41) is 10.7. The highest BCUT2D eigenvalue weighted by Gasteiger charge is 2.34. The third-order valence-corrected chi connectivity index (χ3v) is 8.27. The summed E-state index contributed by atoms with van der Waals surface area (Å²) < 4.78 is 62.0. The monoisotopic (exact) mass is 598 g/mol. The van der Waals surface area contributed by atoms with Crippen LogP contribution in [0.4, 0.5) is 4.39 Å². The van der Waals surface area contributed by atoms with Crippen molar-refractivity contribution in [1.29, 1.82) is 0 Å². The van der Waals surface area contributed by atoms with Crippen LogP contribution in [-0.4, -0.2) is 26.6 Å². The number of esters is 1. The zero-order valence-electron chi connectivity index (χ0n) is 21.4. The lowest BCUT2D eigenvalue weighted by Gasteiger charge is -2.25. The summed E-state index contributed by atoms with van der Waals surface area (Å²) in [6.45, 7) is 4.99. The van der Waals surface area contributed by atoms with Gasteiger partial charge in [-0.15, -0.1) is 0 Å². The minimum Gasteiger partial charge on any atom is -0.495 e. The quantitative estimate of drug-likeness (QED) is 0.235. The van der Waals surface area contributed by atoms with Gasteiger partial charge in [0.15, 0.2) is 5.75 Å². The summed E-state index contributed by atoms with van der Waals surface area (Å²) in [5.41, 5.74) is 0.599. The smallest absolute Gasteiger partial charge is 0.346 e. The predicted molar refractivity (Wildman–Crippen MR) is 142 cm³/mol. The van der Waals surface area contributed by atoms with Gasteiger partial charge in [-0.2, -0.15) is 8.42 Å². The van der Waals surface area contributed by atoms with Crippen molar-refractivity contribution in [3.05, 3.63) is 74.5 Å². The number of cyclic esters (lactones) is 1. The normalized spacial score (nSPS) is 13.9. The average molecular weight is 599 g/mol. The van der Waals surface area contributed by atoms with E-state index in [0.29, 0.717) is 12.0 Å². The number of hydrogen-bond acceptors (Lipinski definition) is 8. The van der Waals surface area contributed by atoms with E-state index in [2.05, 4.69) is 0 Å². The molecule has 0 bridgehead atoms. The molecular weight excluding hydrogens is 574 g/mol. The van der Waals surface area contributed by atoms with Crippen molar-refractivity contribution in [3.8, 4) is 23.0 Å². The number of halogens is 3. The molecule has 4 rings (SSSR count). The van der Waals surface area contributed by atoms with Crippen molar-refractivity contribution in [2.75, 3.05) is 7.11 Å². The van der Waals surface area contributed by atoms with Crippen LogP contribution < -0.4 is 13.7 Å². The van der Waals surface area contributed by atoms with Gasteiger partial charge < -0.3 is 23.5 Å². The highest BCUT2D eigenvalue weighted by atomic mass is 35.5. The van der Waals surface area contributed by atoms with Crippen LogP contribution in [0.3, 0.4) is 0 Å². The fourth-order valence-corrected chi connectivity index (χ4v) is 5.63. The maximum absolute atomic E-state index is 13.4. The fourth-order valence-electron chi connectivity index (χ4n) is 4.13. The number of rotatable bonds is 7. The minimum absolute atomic E-state index is 0.0415. The standard InChI is InChI=1S/C27H25Cl2FO8S/c1-13(2)11-19(31)17-9-10-20-21(24(17)35-4)27(32)36-12-18-22(28)14(3)23(29)26(25(18)37-20)38-39(33,34)16-7-5-15(30)6-8-16/h5-10,13,19,31H,11-12H2,1-4H3/t19-/m0/s1. The molecular formula is C27H25Cl2FO8S. The Bertz CT molecular complexity index is 1540. The van der Waals surface area contributed by atoms with E-state index in [9.17, 15) is 22.7 Å². The first-order chi connectivity index (χ1) is 18.4. The van der Waals surface area contributed by atoms with Crippen molar-refractivity contribution < 1.29 is 41.1 Å². The number of benzene rings is 3. The van der Waals surface area contributed by atoms with Crippen molar-refractivity contribution in [1.82, 2.24) is 0 Å². The molecule has 0 saturated carbocycles. The zero-order valence-corrected chi connectivity index (χ0v) is 23.7. The molecule has 1 heterocycles. The van der Waals surface area contributed by atoms with Gasteiger partial charge in [0.2, 0.25) is 5.75 Å². The van der Waals surface area contributed by atoms with Gasteiger partial charge in [-0.3, -0.25) is 0 Å². The fraction of sp³-hybridized carbons (Fsp3) is 0.296. The molecule has 0 radical (unpaired) electrons. The molecule has 0 amide bonds. The molecule has 0 aliphatic carbocycles. The third kappa shape index (κ3) is 5.65. The molecule has 0 aromatic heterocycles. The van der Waals surface area contributed by atoms with Gasteiger partial charge in [0.05, 0.1) is 28.8 Å². The highest BCUT2D eigenvalue weighted by molar-refractivity contribution is 7.87. The SMILES string of the molecule is COc1c([C@@H](O)CC(C)C)ccc2c1C(=O)OCc1c(Cl)c(C)c(Cl)c(OS(=O)(=O)c3ccc(F)cc3)c1O2. The average Bonchev–Trinajstić information content (AvgIpc) is 2.87. The Morgan fingerprint density at radius 3 is 2.36 bits per heavy atom. The van der Waals surface area contributed by atoms with E-state index in [0.717, 1.165) is 24.3 Å². The van der Waals surface area contributed by atoms with Crippen LogP contribution in [0.1, 0.15) is 53.4 Å². The lowest BCUT2D eigenvalue weighted by molar-refractivity contribution is 0.0454. The Labute approximate surface area is 235 Å². The van der Waals surface area contributed by atoms with Crippen LogP contribution in [0.15, 0.2) is 41.3 Å². The lowest BCUT2D eigenvalue weighted by atomic mass is 9.96. The number of hydrogen-bond donors (Lipinski definition) is 1. The minimum atomic E-state index is -4.51. The van der Waals surface area contributed by atoms with Crippen LogP contribution in [0.25, 0.3) is 0 Å². The molecule has 0 unspecified atom stereocenters. The maximum atomic E-state index is 13.4. The van der Waals surface area contributed by atoms with Gasteiger partial charge in [-0.1, -0.05) is 37.0 Å². The van der Waals surface area contributed by atoms with Gasteiger partial charge in [-0.25, -0.2) is 9.18 Å². The first kappa shape index (κ1) is 28.9. The van der Waals surface area contributed by atoms with E-state index in [-0.39, 0.29) is 54.8 Å². The van der Waals surface area contributed by atoms with Gasteiger partial charge in [0, 0.05) is 5.56 Å². The molecule has 12 heteroatoms. The largest absolute Gasteiger partial charge is 0.495 e. The van der Waals surface area contributed by atoms with Gasteiger partial charge in [0.25, 0.3) is 0 Å². The number of aliphatic hydroxyl groups is 1. The van der Waals surface area contributed by atoms with Crippen molar-refractivity contribution in [2.45, 2.75) is 44.8 Å². The van der Waals surface area contributed by atoms with Crippen LogP contribution in [-0.2, 0) is 21.5 Å². The molecule has 8 nitrogen and oxygen atoms in total. The molecule has 1 N–H and O–H groups in total. The Balaban J connectivity index is 1.89. The van der Waals surface area contributed by atoms with Gasteiger partial charge in [0.1, 0.15) is 34.4 Å². The van der Waals surface area contributed by atoms with Crippen molar-refractivity contribution in [2.24, 2.45) is 5.92 Å². The van der Waals surface area contributed by atoms with Crippen LogP contribution in [0.2, 0.25) is 10.0 Å². The number of methoxy groups -OCH3 is 1. The number of aliphatic hydroxyl groups excluding tert-OH is 1.